The molecule has 27 heavy (non-hydrogen) atoms. The molecule has 0 radical (unpaired) electrons. The molecule has 1 aliphatic carbocycles. The van der Waals surface area contributed by atoms with E-state index in [1.54, 1.807) is 35.1 Å². The lowest BCUT2D eigenvalue weighted by Crippen LogP contribution is -2.14. The molecule has 1 saturated carbocycles. The Morgan fingerprint density at radius 2 is 2.26 bits per heavy atom. The third kappa shape index (κ3) is 2.88. The number of aromatic nitrogens is 3. The first kappa shape index (κ1) is 15.8. The van der Waals surface area contributed by atoms with Gasteiger partial charge in [0.1, 0.15) is 11.3 Å². The summed E-state index contributed by atoms with van der Waals surface area (Å²) in [4.78, 5) is 29.0. The largest absolute Gasteiger partial charge is 0.491 e. The molecule has 1 aromatic carbocycles. The van der Waals surface area contributed by atoms with Crippen molar-refractivity contribution in [2.24, 2.45) is 5.92 Å². The lowest BCUT2D eigenvalue weighted by atomic mass is 10.1. The average molecular weight is 363 g/mol. The fraction of sp³-hybridized carbons (Fsp3) is 0.263. The second-order valence-corrected chi connectivity index (χ2v) is 6.84. The maximum atomic E-state index is 12.8. The van der Waals surface area contributed by atoms with Crippen LogP contribution in [0.3, 0.4) is 0 Å². The zero-order chi connectivity index (χ0) is 18.4. The molecule has 0 atom stereocenters. The highest BCUT2D eigenvalue weighted by Crippen LogP contribution is 2.35. The Hall–Kier alpha value is -3.42. The van der Waals surface area contributed by atoms with E-state index in [4.69, 9.17) is 4.74 Å². The van der Waals surface area contributed by atoms with Crippen molar-refractivity contribution in [3.8, 4) is 5.75 Å². The van der Waals surface area contributed by atoms with E-state index < -0.39 is 0 Å². The van der Waals surface area contributed by atoms with Crippen molar-refractivity contribution >= 4 is 23.1 Å². The normalized spacial score (nSPS) is 15.5. The fourth-order valence-corrected chi connectivity index (χ4v) is 3.14. The number of anilines is 1. The standard InChI is InChI=1S/C19H17N5O3/c25-18-13-7-16(27-10-11-2-3-11)15(6-12(13)8-21-18)23-19(26)14-9-22-24-5-1-4-20-17(14)24/h1,4-7,9,11H,2-3,8,10H2,(H,21,25)(H,23,26). The van der Waals surface area contributed by atoms with Gasteiger partial charge in [-0.1, -0.05) is 0 Å². The molecule has 3 aromatic rings. The summed E-state index contributed by atoms with van der Waals surface area (Å²) in [6.07, 6.45) is 7.14. The summed E-state index contributed by atoms with van der Waals surface area (Å²) in [7, 11) is 0. The first-order valence-corrected chi connectivity index (χ1v) is 8.86. The molecule has 2 N–H and O–H groups in total. The SMILES string of the molecule is O=C1NCc2cc(NC(=O)c3cnn4cccnc34)c(OCC3CC3)cc21. The van der Waals surface area contributed by atoms with Gasteiger partial charge in [-0.2, -0.15) is 5.10 Å². The number of ether oxygens (including phenoxy) is 1. The van der Waals surface area contributed by atoms with Crippen LogP contribution in [0.5, 0.6) is 5.75 Å². The van der Waals surface area contributed by atoms with E-state index >= 15 is 0 Å². The predicted molar refractivity (Wildman–Crippen MR) is 96.8 cm³/mol. The summed E-state index contributed by atoms with van der Waals surface area (Å²) in [6.45, 7) is 1.03. The monoisotopic (exact) mass is 363 g/mol. The Morgan fingerprint density at radius 1 is 1.37 bits per heavy atom. The molecule has 2 amide bonds. The van der Waals surface area contributed by atoms with Gasteiger partial charge < -0.3 is 15.4 Å². The Kier molecular flexibility index (Phi) is 3.56. The number of fused-ring (bicyclic) bond motifs is 2. The van der Waals surface area contributed by atoms with Gasteiger partial charge in [0.2, 0.25) is 0 Å². The Labute approximate surface area is 154 Å². The van der Waals surface area contributed by atoms with Gasteiger partial charge in [0.25, 0.3) is 11.8 Å². The number of hydrogen-bond donors (Lipinski definition) is 2. The van der Waals surface area contributed by atoms with Crippen LogP contribution in [0, 0.1) is 5.92 Å². The zero-order valence-corrected chi connectivity index (χ0v) is 14.4. The highest BCUT2D eigenvalue weighted by atomic mass is 16.5. The zero-order valence-electron chi connectivity index (χ0n) is 14.4. The highest BCUT2D eigenvalue weighted by molar-refractivity contribution is 6.09. The maximum Gasteiger partial charge on any atom is 0.261 e. The maximum absolute atomic E-state index is 12.8. The average Bonchev–Trinajstić information content (AvgIpc) is 3.30. The summed E-state index contributed by atoms with van der Waals surface area (Å²) < 4.78 is 7.46. The smallest absolute Gasteiger partial charge is 0.261 e. The summed E-state index contributed by atoms with van der Waals surface area (Å²) in [6, 6.07) is 5.26. The summed E-state index contributed by atoms with van der Waals surface area (Å²) in [5.41, 5.74) is 2.83. The van der Waals surface area contributed by atoms with Crippen molar-refractivity contribution < 1.29 is 14.3 Å². The van der Waals surface area contributed by atoms with Gasteiger partial charge in [-0.25, -0.2) is 9.50 Å². The molecule has 8 heteroatoms. The summed E-state index contributed by atoms with van der Waals surface area (Å²) in [5.74, 6) is 0.623. The first-order chi connectivity index (χ1) is 13.2. The van der Waals surface area contributed by atoms with Crippen LogP contribution in [0.25, 0.3) is 5.65 Å². The number of benzene rings is 1. The van der Waals surface area contributed by atoms with Crippen LogP contribution in [0.2, 0.25) is 0 Å². The molecule has 8 nitrogen and oxygen atoms in total. The molecule has 136 valence electrons. The molecule has 1 aliphatic heterocycles. The molecule has 0 unspecified atom stereocenters. The number of rotatable bonds is 5. The van der Waals surface area contributed by atoms with Crippen LogP contribution in [0.15, 0.2) is 36.8 Å². The highest BCUT2D eigenvalue weighted by Gasteiger charge is 2.26. The summed E-state index contributed by atoms with van der Waals surface area (Å²) >= 11 is 0. The topological polar surface area (TPSA) is 97.6 Å². The number of nitrogens with one attached hydrogen (secondary N) is 2. The van der Waals surface area contributed by atoms with Crippen molar-refractivity contribution in [3.05, 3.63) is 53.5 Å². The number of nitrogens with zero attached hydrogens (tertiary/aromatic N) is 3. The van der Waals surface area contributed by atoms with Crippen molar-refractivity contribution in [1.29, 1.82) is 0 Å². The fourth-order valence-electron chi connectivity index (χ4n) is 3.14. The molecular weight excluding hydrogens is 346 g/mol. The van der Waals surface area contributed by atoms with E-state index in [1.807, 2.05) is 0 Å². The first-order valence-electron chi connectivity index (χ1n) is 8.86. The van der Waals surface area contributed by atoms with Crippen LogP contribution >= 0.6 is 0 Å². The quantitative estimate of drug-likeness (QED) is 0.723. The molecular formula is C19H17N5O3. The minimum Gasteiger partial charge on any atom is -0.491 e. The van der Waals surface area contributed by atoms with E-state index in [-0.39, 0.29) is 11.8 Å². The molecule has 0 saturated heterocycles. The Bertz CT molecular complexity index is 1070. The molecule has 2 aromatic heterocycles. The number of hydrogen-bond acceptors (Lipinski definition) is 5. The van der Waals surface area contributed by atoms with E-state index in [1.165, 1.54) is 6.20 Å². The van der Waals surface area contributed by atoms with E-state index in [9.17, 15) is 9.59 Å². The van der Waals surface area contributed by atoms with Gasteiger partial charge >= 0.3 is 0 Å². The lowest BCUT2D eigenvalue weighted by molar-refractivity contribution is 0.0964. The predicted octanol–water partition coefficient (Wildman–Crippen LogP) is 2.01. The molecule has 0 spiro atoms. The number of amides is 2. The lowest BCUT2D eigenvalue weighted by Gasteiger charge is -2.14. The van der Waals surface area contributed by atoms with Crippen molar-refractivity contribution in [2.45, 2.75) is 19.4 Å². The summed E-state index contributed by atoms with van der Waals surface area (Å²) in [5, 5.41) is 9.84. The van der Waals surface area contributed by atoms with Crippen molar-refractivity contribution in [3.63, 3.8) is 0 Å². The molecule has 0 bridgehead atoms. The van der Waals surface area contributed by atoms with Gasteiger partial charge in [-0.15, -0.1) is 0 Å². The van der Waals surface area contributed by atoms with Crippen LogP contribution in [0.4, 0.5) is 5.69 Å². The van der Waals surface area contributed by atoms with Gasteiger partial charge in [-0.3, -0.25) is 9.59 Å². The number of carbonyl (C=O) groups is 2. The van der Waals surface area contributed by atoms with Crippen molar-refractivity contribution in [1.82, 2.24) is 19.9 Å². The molecule has 5 rings (SSSR count). The van der Waals surface area contributed by atoms with Crippen molar-refractivity contribution in [2.75, 3.05) is 11.9 Å². The van der Waals surface area contributed by atoms with E-state index in [0.29, 0.717) is 47.3 Å². The third-order valence-electron chi connectivity index (χ3n) is 4.83. The van der Waals surface area contributed by atoms with Gasteiger partial charge in [0.15, 0.2) is 5.65 Å². The van der Waals surface area contributed by atoms with Crippen LogP contribution in [-0.4, -0.2) is 33.0 Å². The second-order valence-electron chi connectivity index (χ2n) is 6.84. The van der Waals surface area contributed by atoms with E-state index in [0.717, 1.165) is 18.4 Å². The van der Waals surface area contributed by atoms with Gasteiger partial charge in [0.05, 0.1) is 18.5 Å². The minimum atomic E-state index is -0.322. The Balaban J connectivity index is 1.47. The minimum absolute atomic E-state index is 0.119. The van der Waals surface area contributed by atoms with Gasteiger partial charge in [0, 0.05) is 24.5 Å². The van der Waals surface area contributed by atoms with Crippen LogP contribution < -0.4 is 15.4 Å². The number of carbonyl (C=O) groups excluding carboxylic acids is 2. The van der Waals surface area contributed by atoms with Crippen LogP contribution in [-0.2, 0) is 6.54 Å². The van der Waals surface area contributed by atoms with Crippen LogP contribution in [0.1, 0.15) is 39.1 Å². The van der Waals surface area contributed by atoms with E-state index in [2.05, 4.69) is 20.7 Å². The molecule has 2 aliphatic rings. The molecule has 3 heterocycles. The third-order valence-corrected chi connectivity index (χ3v) is 4.83. The van der Waals surface area contributed by atoms with Gasteiger partial charge in [-0.05, 0) is 42.5 Å². The molecule has 1 fully saturated rings. The second kappa shape index (κ2) is 6.08. The Morgan fingerprint density at radius 3 is 3.11 bits per heavy atom.